The van der Waals surface area contributed by atoms with Gasteiger partial charge in [-0.05, 0) is 13.3 Å². The second-order valence-electron chi connectivity index (χ2n) is 4.57. The highest BCUT2D eigenvalue weighted by atomic mass is 16.5. The summed E-state index contributed by atoms with van der Waals surface area (Å²) >= 11 is 0. The molecule has 2 amide bonds. The Bertz CT molecular complexity index is 298. The van der Waals surface area contributed by atoms with Gasteiger partial charge >= 0.3 is 12.0 Å². The molecule has 0 radical (unpaired) electrons. The number of aliphatic carboxylic acids is 1. The molecule has 0 saturated heterocycles. The van der Waals surface area contributed by atoms with Crippen LogP contribution in [-0.2, 0) is 14.3 Å². The molecule has 7 nitrogen and oxygen atoms in total. The molecular weight excluding hydrogens is 264 g/mol. The summed E-state index contributed by atoms with van der Waals surface area (Å²) in [5, 5.41) is 11.6. The standard InChI is InChI=1S/C13H26N2O5/c1-5-10(2)15(7-9-20-4)13(18)14-11(12(16)17)6-8-19-3/h10-11H,5-9H2,1-4H3,(H,14,18)(H,16,17). The summed E-state index contributed by atoms with van der Waals surface area (Å²) in [6.45, 7) is 5.00. The summed E-state index contributed by atoms with van der Waals surface area (Å²) < 4.78 is 9.83. The zero-order chi connectivity index (χ0) is 15.5. The molecule has 0 fully saturated rings. The lowest BCUT2D eigenvalue weighted by Gasteiger charge is -2.29. The van der Waals surface area contributed by atoms with E-state index in [0.29, 0.717) is 13.2 Å². The number of hydrogen-bond acceptors (Lipinski definition) is 4. The summed E-state index contributed by atoms with van der Waals surface area (Å²) in [5.41, 5.74) is 0. The van der Waals surface area contributed by atoms with Gasteiger partial charge in [0.1, 0.15) is 6.04 Å². The van der Waals surface area contributed by atoms with E-state index in [-0.39, 0.29) is 25.1 Å². The minimum Gasteiger partial charge on any atom is -0.480 e. The number of carbonyl (C=O) groups excluding carboxylic acids is 1. The fraction of sp³-hybridized carbons (Fsp3) is 0.846. The van der Waals surface area contributed by atoms with E-state index in [4.69, 9.17) is 14.6 Å². The Hall–Kier alpha value is -1.34. The molecule has 7 heteroatoms. The highest BCUT2D eigenvalue weighted by Gasteiger charge is 2.24. The number of nitrogens with zero attached hydrogens (tertiary/aromatic N) is 1. The largest absolute Gasteiger partial charge is 0.480 e. The van der Waals surface area contributed by atoms with Crippen molar-refractivity contribution in [1.29, 1.82) is 0 Å². The molecule has 0 rings (SSSR count). The van der Waals surface area contributed by atoms with E-state index in [2.05, 4.69) is 5.32 Å². The first-order valence-electron chi connectivity index (χ1n) is 6.75. The molecule has 2 N–H and O–H groups in total. The highest BCUT2D eigenvalue weighted by molar-refractivity contribution is 5.82. The maximum absolute atomic E-state index is 12.2. The number of hydrogen-bond donors (Lipinski definition) is 2. The molecule has 0 spiro atoms. The molecule has 2 atom stereocenters. The van der Waals surface area contributed by atoms with Crippen molar-refractivity contribution in [2.45, 2.75) is 38.8 Å². The van der Waals surface area contributed by atoms with E-state index in [1.807, 2.05) is 13.8 Å². The van der Waals surface area contributed by atoms with E-state index in [9.17, 15) is 9.59 Å². The highest BCUT2D eigenvalue weighted by Crippen LogP contribution is 2.05. The molecule has 0 aromatic carbocycles. The van der Waals surface area contributed by atoms with E-state index >= 15 is 0 Å². The zero-order valence-corrected chi connectivity index (χ0v) is 12.7. The quantitative estimate of drug-likeness (QED) is 0.625. The summed E-state index contributed by atoms with van der Waals surface area (Å²) in [4.78, 5) is 24.9. The lowest BCUT2D eigenvalue weighted by atomic mass is 10.2. The van der Waals surface area contributed by atoms with Gasteiger partial charge < -0.3 is 24.8 Å². The minimum absolute atomic E-state index is 0.0158. The number of nitrogens with one attached hydrogen (secondary N) is 1. The van der Waals surface area contributed by atoms with Gasteiger partial charge in [0, 0.05) is 39.8 Å². The normalized spacial score (nSPS) is 13.6. The molecule has 0 saturated carbocycles. The SMILES string of the molecule is CCC(C)N(CCOC)C(=O)NC(CCOC)C(=O)O. The zero-order valence-electron chi connectivity index (χ0n) is 12.7. The van der Waals surface area contributed by atoms with Crippen molar-refractivity contribution >= 4 is 12.0 Å². The lowest BCUT2D eigenvalue weighted by molar-refractivity contribution is -0.139. The van der Waals surface area contributed by atoms with Crippen molar-refractivity contribution in [2.75, 3.05) is 34.0 Å². The van der Waals surface area contributed by atoms with E-state index < -0.39 is 12.0 Å². The molecule has 0 aromatic heterocycles. The van der Waals surface area contributed by atoms with Gasteiger partial charge in [-0.1, -0.05) is 6.92 Å². The number of carbonyl (C=O) groups is 2. The molecule has 0 aromatic rings. The summed E-state index contributed by atoms with van der Waals surface area (Å²) in [7, 11) is 3.05. The monoisotopic (exact) mass is 290 g/mol. The van der Waals surface area contributed by atoms with Crippen LogP contribution in [0.25, 0.3) is 0 Å². The van der Waals surface area contributed by atoms with Crippen molar-refractivity contribution in [3.05, 3.63) is 0 Å². The lowest BCUT2D eigenvalue weighted by Crippen LogP contribution is -2.51. The van der Waals surface area contributed by atoms with Crippen LogP contribution >= 0.6 is 0 Å². The van der Waals surface area contributed by atoms with Crippen molar-refractivity contribution in [1.82, 2.24) is 10.2 Å². The number of amides is 2. The summed E-state index contributed by atoms with van der Waals surface area (Å²) in [6, 6.07) is -1.32. The topological polar surface area (TPSA) is 88.1 Å². The van der Waals surface area contributed by atoms with E-state index in [0.717, 1.165) is 6.42 Å². The Morgan fingerprint density at radius 2 is 1.85 bits per heavy atom. The third-order valence-electron chi connectivity index (χ3n) is 3.13. The van der Waals surface area contributed by atoms with Crippen LogP contribution in [0.15, 0.2) is 0 Å². The Labute approximate surface area is 120 Å². The third-order valence-corrected chi connectivity index (χ3v) is 3.13. The van der Waals surface area contributed by atoms with Gasteiger partial charge in [-0.15, -0.1) is 0 Å². The molecule has 2 unspecified atom stereocenters. The summed E-state index contributed by atoms with van der Waals surface area (Å²) in [6.07, 6.45) is 1.02. The van der Waals surface area contributed by atoms with E-state index in [1.165, 1.54) is 7.11 Å². The molecule has 0 aliphatic carbocycles. The van der Waals surface area contributed by atoms with Crippen LogP contribution in [0.2, 0.25) is 0 Å². The van der Waals surface area contributed by atoms with Crippen LogP contribution in [0.3, 0.4) is 0 Å². The Morgan fingerprint density at radius 1 is 1.25 bits per heavy atom. The third kappa shape index (κ3) is 6.72. The molecular formula is C13H26N2O5. The second-order valence-corrected chi connectivity index (χ2v) is 4.57. The van der Waals surface area contributed by atoms with Gasteiger partial charge in [-0.3, -0.25) is 0 Å². The Kier molecular flexibility index (Phi) is 9.75. The molecule has 0 aliphatic heterocycles. The fourth-order valence-corrected chi connectivity index (χ4v) is 1.66. The van der Waals surface area contributed by atoms with Gasteiger partial charge in [0.2, 0.25) is 0 Å². The van der Waals surface area contributed by atoms with E-state index in [1.54, 1.807) is 12.0 Å². The summed E-state index contributed by atoms with van der Waals surface area (Å²) in [5.74, 6) is -1.06. The van der Waals surface area contributed by atoms with Crippen LogP contribution in [0, 0.1) is 0 Å². The average Bonchev–Trinajstić information content (AvgIpc) is 2.42. The van der Waals surface area contributed by atoms with Gasteiger partial charge in [-0.2, -0.15) is 0 Å². The number of rotatable bonds is 10. The first-order chi connectivity index (χ1) is 9.47. The maximum Gasteiger partial charge on any atom is 0.326 e. The fourth-order valence-electron chi connectivity index (χ4n) is 1.66. The van der Waals surface area contributed by atoms with Crippen LogP contribution in [0.5, 0.6) is 0 Å². The number of urea groups is 1. The number of carboxylic acids is 1. The number of ether oxygens (including phenoxy) is 2. The second kappa shape index (κ2) is 10.4. The molecule has 0 bridgehead atoms. The van der Waals surface area contributed by atoms with Crippen LogP contribution in [0.1, 0.15) is 26.7 Å². The predicted molar refractivity (Wildman–Crippen MR) is 74.8 cm³/mol. The van der Waals surface area contributed by atoms with Crippen molar-refractivity contribution in [2.24, 2.45) is 0 Å². The van der Waals surface area contributed by atoms with Gasteiger partial charge in [0.05, 0.1) is 6.61 Å². The van der Waals surface area contributed by atoms with Crippen LogP contribution in [-0.4, -0.2) is 68.1 Å². The smallest absolute Gasteiger partial charge is 0.326 e. The van der Waals surface area contributed by atoms with Crippen molar-refractivity contribution < 1.29 is 24.2 Å². The Morgan fingerprint density at radius 3 is 2.30 bits per heavy atom. The van der Waals surface area contributed by atoms with Gasteiger partial charge in [0.25, 0.3) is 0 Å². The van der Waals surface area contributed by atoms with Crippen molar-refractivity contribution in [3.8, 4) is 0 Å². The molecule has 0 heterocycles. The number of carboxylic acid groups (broad SMARTS) is 1. The van der Waals surface area contributed by atoms with Crippen molar-refractivity contribution in [3.63, 3.8) is 0 Å². The first kappa shape index (κ1) is 18.7. The first-order valence-corrected chi connectivity index (χ1v) is 6.75. The molecule has 20 heavy (non-hydrogen) atoms. The van der Waals surface area contributed by atoms with Gasteiger partial charge in [-0.25, -0.2) is 9.59 Å². The van der Waals surface area contributed by atoms with Crippen LogP contribution in [0.4, 0.5) is 4.79 Å². The molecule has 118 valence electrons. The number of methoxy groups -OCH3 is 2. The predicted octanol–water partition coefficient (Wildman–Crippen LogP) is 0.933. The van der Waals surface area contributed by atoms with Gasteiger partial charge in [0.15, 0.2) is 0 Å². The average molecular weight is 290 g/mol. The Balaban J connectivity index is 4.64. The molecule has 0 aliphatic rings. The van der Waals surface area contributed by atoms with Crippen LogP contribution < -0.4 is 5.32 Å². The maximum atomic E-state index is 12.2. The minimum atomic E-state index is -1.06.